The fourth-order valence-electron chi connectivity index (χ4n) is 2.85. The molecule has 0 bridgehead atoms. The molecule has 0 saturated heterocycles. The molecule has 31 heavy (non-hydrogen) atoms. The molecule has 162 valence electrons. The predicted molar refractivity (Wildman–Crippen MR) is 111 cm³/mol. The van der Waals surface area contributed by atoms with Crippen LogP contribution in [-0.2, 0) is 17.5 Å². The number of hydrogen-bond donors (Lipinski definition) is 0. The summed E-state index contributed by atoms with van der Waals surface area (Å²) in [5, 5.41) is 1.80. The number of rotatable bonds is 6. The van der Waals surface area contributed by atoms with E-state index in [2.05, 4.69) is 9.97 Å². The first kappa shape index (κ1) is 21.4. The first-order valence-electron chi connectivity index (χ1n) is 9.15. The number of amides is 1. The molecule has 3 aromatic rings. The molecule has 0 aliphatic carbocycles. The number of nitrogens with zero attached hydrogens (tertiary/aromatic N) is 3. The summed E-state index contributed by atoms with van der Waals surface area (Å²) >= 11 is 2.36. The molecule has 6 nitrogen and oxygen atoms in total. The Morgan fingerprint density at radius 3 is 2.71 bits per heavy atom. The number of halogens is 3. The van der Waals surface area contributed by atoms with Gasteiger partial charge in [-0.05, 0) is 29.6 Å². The lowest BCUT2D eigenvalue weighted by molar-refractivity contribution is -0.141. The van der Waals surface area contributed by atoms with Crippen LogP contribution < -0.4 is 14.4 Å². The number of fused-ring (bicyclic) bond motifs is 1. The Kier molecular flexibility index (Phi) is 6.33. The van der Waals surface area contributed by atoms with Gasteiger partial charge in [-0.3, -0.25) is 4.79 Å². The molecule has 3 heterocycles. The Morgan fingerprint density at radius 1 is 1.16 bits per heavy atom. The van der Waals surface area contributed by atoms with Gasteiger partial charge in [0.05, 0.1) is 12.3 Å². The van der Waals surface area contributed by atoms with Crippen molar-refractivity contribution in [2.45, 2.75) is 17.9 Å². The minimum absolute atomic E-state index is 0.110. The summed E-state index contributed by atoms with van der Waals surface area (Å²) in [6.45, 7) is 1.19. The van der Waals surface area contributed by atoms with Crippen molar-refractivity contribution in [3.8, 4) is 11.5 Å². The fraction of sp³-hybridized carbons (Fsp3) is 0.250. The van der Waals surface area contributed by atoms with E-state index >= 15 is 0 Å². The van der Waals surface area contributed by atoms with Crippen LogP contribution in [0.4, 0.5) is 18.9 Å². The highest BCUT2D eigenvalue weighted by atomic mass is 32.2. The van der Waals surface area contributed by atoms with Crippen LogP contribution in [0.2, 0.25) is 0 Å². The van der Waals surface area contributed by atoms with E-state index in [-0.39, 0.29) is 16.8 Å². The van der Waals surface area contributed by atoms with Gasteiger partial charge in [-0.25, -0.2) is 9.97 Å². The molecule has 1 amide bonds. The van der Waals surface area contributed by atoms with E-state index in [1.165, 1.54) is 11.3 Å². The fourth-order valence-corrected chi connectivity index (χ4v) is 4.25. The lowest BCUT2D eigenvalue weighted by Crippen LogP contribution is -2.32. The molecule has 11 heteroatoms. The summed E-state index contributed by atoms with van der Waals surface area (Å²) in [5.74, 6) is 0.726. The molecule has 4 rings (SSSR count). The zero-order valence-corrected chi connectivity index (χ0v) is 17.6. The third-order valence-corrected chi connectivity index (χ3v) is 5.99. The van der Waals surface area contributed by atoms with Crippen LogP contribution >= 0.6 is 23.1 Å². The predicted octanol–water partition coefficient (Wildman–Crippen LogP) is 4.65. The first-order valence-corrected chi connectivity index (χ1v) is 11.0. The number of anilines is 1. The summed E-state index contributed by atoms with van der Waals surface area (Å²) in [5.41, 5.74) is -0.437. The Labute approximate surface area is 184 Å². The summed E-state index contributed by atoms with van der Waals surface area (Å²) in [6.07, 6.45) is -3.54. The maximum atomic E-state index is 13.1. The topological polar surface area (TPSA) is 64.6 Å². The summed E-state index contributed by atoms with van der Waals surface area (Å²) in [6, 6.07) is 9.81. The lowest BCUT2D eigenvalue weighted by atomic mass is 10.2. The van der Waals surface area contributed by atoms with Gasteiger partial charge in [0, 0.05) is 22.8 Å². The number of ether oxygens (including phenoxy) is 2. The summed E-state index contributed by atoms with van der Waals surface area (Å²) in [7, 11) is 0. The van der Waals surface area contributed by atoms with E-state index in [9.17, 15) is 18.0 Å². The molecular weight excluding hydrogens is 451 g/mol. The number of alkyl halides is 3. The lowest BCUT2D eigenvalue weighted by Gasteiger charge is -2.25. The zero-order chi connectivity index (χ0) is 21.8. The molecule has 0 N–H and O–H groups in total. The number of aromatic nitrogens is 2. The Hall–Kier alpha value is -2.79. The van der Waals surface area contributed by atoms with Crippen molar-refractivity contribution >= 4 is 34.7 Å². The Balaban J connectivity index is 1.53. The average Bonchev–Trinajstić information content (AvgIpc) is 3.28. The highest BCUT2D eigenvalue weighted by Crippen LogP contribution is 2.35. The number of thioether (sulfide) groups is 1. The van der Waals surface area contributed by atoms with Crippen molar-refractivity contribution < 1.29 is 27.4 Å². The number of carbonyl (C=O) groups excluding carboxylic acids is 1. The van der Waals surface area contributed by atoms with Crippen molar-refractivity contribution in [3.63, 3.8) is 0 Å². The number of thiophene rings is 1. The minimum atomic E-state index is -4.57. The van der Waals surface area contributed by atoms with Crippen molar-refractivity contribution in [2.75, 3.05) is 23.9 Å². The van der Waals surface area contributed by atoms with E-state index < -0.39 is 11.9 Å². The average molecular weight is 467 g/mol. The Morgan fingerprint density at radius 2 is 1.97 bits per heavy atom. The normalized spacial score (nSPS) is 13.1. The third-order valence-electron chi connectivity index (χ3n) is 4.28. The van der Waals surface area contributed by atoms with Crippen LogP contribution in [0.1, 0.15) is 10.6 Å². The second kappa shape index (κ2) is 9.15. The van der Waals surface area contributed by atoms with Gasteiger partial charge in [-0.2, -0.15) is 13.2 Å². The van der Waals surface area contributed by atoms with E-state index in [1.54, 1.807) is 23.1 Å². The molecule has 1 aromatic carbocycles. The monoisotopic (exact) mass is 467 g/mol. The first-order chi connectivity index (χ1) is 14.9. The summed E-state index contributed by atoms with van der Waals surface area (Å²) in [4.78, 5) is 22.9. The van der Waals surface area contributed by atoms with Crippen LogP contribution in [0.25, 0.3) is 0 Å². The van der Waals surface area contributed by atoms with Gasteiger partial charge in [0.1, 0.15) is 18.9 Å². The van der Waals surface area contributed by atoms with Crippen molar-refractivity contribution in [1.29, 1.82) is 0 Å². The molecule has 0 fully saturated rings. The van der Waals surface area contributed by atoms with E-state index in [0.29, 0.717) is 36.9 Å². The molecule has 0 radical (unpaired) electrons. The van der Waals surface area contributed by atoms with Crippen molar-refractivity contribution in [1.82, 2.24) is 9.97 Å². The van der Waals surface area contributed by atoms with E-state index in [4.69, 9.17) is 9.47 Å². The molecule has 0 unspecified atom stereocenters. The van der Waals surface area contributed by atoms with Crippen molar-refractivity contribution in [2.24, 2.45) is 0 Å². The van der Waals surface area contributed by atoms with E-state index in [1.807, 2.05) is 17.5 Å². The van der Waals surface area contributed by atoms with Gasteiger partial charge in [0.15, 0.2) is 16.7 Å². The molecule has 1 aliphatic heterocycles. The van der Waals surface area contributed by atoms with Gasteiger partial charge < -0.3 is 14.4 Å². The Bertz CT molecular complexity index is 1060. The third kappa shape index (κ3) is 5.28. The smallest absolute Gasteiger partial charge is 0.433 e. The standard InChI is InChI=1S/C20H16F3N3O3S2/c21-20(22,23)17-5-6-24-19(25-17)31-12-18(27)26(11-14-2-1-9-30-14)13-3-4-15-16(10-13)29-8-7-28-15/h1-6,9-10H,7-8,11-12H2. The number of benzene rings is 1. The largest absolute Gasteiger partial charge is 0.486 e. The van der Waals surface area contributed by atoms with Crippen LogP contribution in [0.15, 0.2) is 53.1 Å². The van der Waals surface area contributed by atoms with E-state index in [0.717, 1.165) is 28.9 Å². The molecule has 0 atom stereocenters. The number of hydrogen-bond acceptors (Lipinski definition) is 7. The van der Waals surface area contributed by atoms with Crippen molar-refractivity contribution in [3.05, 3.63) is 58.5 Å². The van der Waals surface area contributed by atoms with Gasteiger partial charge in [-0.15, -0.1) is 11.3 Å². The maximum Gasteiger partial charge on any atom is 0.433 e. The second-order valence-electron chi connectivity index (χ2n) is 6.40. The second-order valence-corrected chi connectivity index (χ2v) is 8.37. The molecule has 0 saturated carbocycles. The van der Waals surface area contributed by atoms with Gasteiger partial charge in [-0.1, -0.05) is 17.8 Å². The van der Waals surface area contributed by atoms with Gasteiger partial charge >= 0.3 is 6.18 Å². The molecular formula is C20H16F3N3O3S2. The minimum Gasteiger partial charge on any atom is -0.486 e. The SMILES string of the molecule is O=C(CSc1nccc(C(F)(F)F)n1)N(Cc1cccs1)c1ccc2c(c1)OCCO2. The highest BCUT2D eigenvalue weighted by Gasteiger charge is 2.33. The van der Waals surface area contributed by atoms with Crippen LogP contribution in [0, 0.1) is 0 Å². The summed E-state index contributed by atoms with van der Waals surface area (Å²) < 4.78 is 49.8. The molecule has 2 aromatic heterocycles. The quantitative estimate of drug-likeness (QED) is 0.388. The van der Waals surface area contributed by atoms with Crippen LogP contribution in [0.5, 0.6) is 11.5 Å². The number of carbonyl (C=O) groups is 1. The van der Waals surface area contributed by atoms with Gasteiger partial charge in [0.25, 0.3) is 0 Å². The van der Waals surface area contributed by atoms with Gasteiger partial charge in [0.2, 0.25) is 5.91 Å². The zero-order valence-electron chi connectivity index (χ0n) is 16.0. The molecule has 1 aliphatic rings. The molecule has 0 spiro atoms. The maximum absolute atomic E-state index is 13.1. The van der Waals surface area contributed by atoms with Crippen LogP contribution in [-0.4, -0.2) is 34.8 Å². The highest BCUT2D eigenvalue weighted by molar-refractivity contribution is 7.99. The van der Waals surface area contributed by atoms with Crippen LogP contribution in [0.3, 0.4) is 0 Å².